The van der Waals surface area contributed by atoms with Gasteiger partial charge in [-0.3, -0.25) is 9.59 Å². The highest BCUT2D eigenvalue weighted by Gasteiger charge is 2.08. The van der Waals surface area contributed by atoms with Crippen molar-refractivity contribution >= 4 is 11.7 Å². The van der Waals surface area contributed by atoms with Crippen LogP contribution >= 0.6 is 0 Å². The van der Waals surface area contributed by atoms with Gasteiger partial charge < -0.3 is 20.1 Å². The summed E-state index contributed by atoms with van der Waals surface area (Å²) in [6.45, 7) is 4.21. The minimum Gasteiger partial charge on any atom is -0.490 e. The minimum atomic E-state index is -0.158. The van der Waals surface area contributed by atoms with E-state index in [0.29, 0.717) is 0 Å². The summed E-state index contributed by atoms with van der Waals surface area (Å²) >= 11 is 0. The third-order valence-corrected chi connectivity index (χ3v) is 3.37. The molecular weight excluding hydrogens is 308 g/mol. The lowest BCUT2D eigenvalue weighted by Crippen LogP contribution is -2.35. The van der Waals surface area contributed by atoms with Gasteiger partial charge >= 0.3 is 0 Å². The number of nitrogens with one attached hydrogen (secondary N) is 2. The van der Waals surface area contributed by atoms with Gasteiger partial charge in [0.25, 0.3) is 0 Å². The molecule has 24 heavy (non-hydrogen) atoms. The maximum Gasteiger partial charge on any atom is 0.246 e. The van der Waals surface area contributed by atoms with Gasteiger partial charge in [-0.15, -0.1) is 0 Å². The first kappa shape index (κ1) is 20.1. The normalized spacial score (nSPS) is 16.5. The van der Waals surface area contributed by atoms with Crippen molar-refractivity contribution < 1.29 is 19.1 Å². The van der Waals surface area contributed by atoms with Crippen molar-refractivity contribution in [1.82, 2.24) is 10.6 Å². The predicted octanol–water partition coefficient (Wildman–Crippen LogP) is 1.49. The van der Waals surface area contributed by atoms with Crippen molar-refractivity contribution in [2.45, 2.75) is 38.8 Å². The van der Waals surface area contributed by atoms with Crippen LogP contribution in [0.15, 0.2) is 36.1 Å². The van der Waals surface area contributed by atoms with E-state index in [1.54, 1.807) is 0 Å². The van der Waals surface area contributed by atoms with Crippen LogP contribution in [0.5, 0.6) is 0 Å². The Balaban J connectivity index is 2.19. The largest absolute Gasteiger partial charge is 0.490 e. The number of methoxy groups -OCH3 is 1. The summed E-state index contributed by atoms with van der Waals surface area (Å²) in [6, 6.07) is -0.0743. The predicted molar refractivity (Wildman–Crippen MR) is 93.5 cm³/mol. The molecule has 2 atom stereocenters. The van der Waals surface area contributed by atoms with Crippen molar-refractivity contribution in [3.05, 3.63) is 36.1 Å². The van der Waals surface area contributed by atoms with Crippen LogP contribution < -0.4 is 10.6 Å². The van der Waals surface area contributed by atoms with E-state index in [9.17, 15) is 9.59 Å². The molecule has 1 amide bonds. The van der Waals surface area contributed by atoms with Crippen LogP contribution in [0.1, 0.15) is 26.7 Å². The zero-order valence-electron chi connectivity index (χ0n) is 14.7. The molecule has 6 heteroatoms. The monoisotopic (exact) mass is 336 g/mol. The summed E-state index contributed by atoms with van der Waals surface area (Å²) in [6.07, 6.45) is 11.5. The van der Waals surface area contributed by atoms with Gasteiger partial charge in [0.05, 0.1) is 12.3 Å². The molecule has 1 aliphatic carbocycles. The van der Waals surface area contributed by atoms with Gasteiger partial charge in [-0.05, 0) is 26.3 Å². The average molecular weight is 336 g/mol. The van der Waals surface area contributed by atoms with E-state index in [1.807, 2.05) is 38.2 Å². The van der Waals surface area contributed by atoms with Crippen LogP contribution in [-0.4, -0.2) is 50.6 Å². The van der Waals surface area contributed by atoms with Gasteiger partial charge in [-0.25, -0.2) is 0 Å². The van der Waals surface area contributed by atoms with Crippen molar-refractivity contribution in [3.63, 3.8) is 0 Å². The highest BCUT2D eigenvalue weighted by molar-refractivity contribution is 5.81. The smallest absolute Gasteiger partial charge is 0.246 e. The first-order valence-electron chi connectivity index (χ1n) is 8.21. The Kier molecular flexibility index (Phi) is 9.72. The maximum absolute atomic E-state index is 11.8. The second-order valence-electron chi connectivity index (χ2n) is 5.77. The van der Waals surface area contributed by atoms with Crippen LogP contribution in [0.2, 0.25) is 0 Å². The second-order valence-corrected chi connectivity index (χ2v) is 5.77. The Morgan fingerprint density at radius 3 is 2.67 bits per heavy atom. The van der Waals surface area contributed by atoms with E-state index in [1.165, 1.54) is 7.11 Å². The van der Waals surface area contributed by atoms with Crippen molar-refractivity contribution in [2.75, 3.05) is 26.9 Å². The molecule has 0 bridgehead atoms. The number of hydrogen-bond donors (Lipinski definition) is 2. The Morgan fingerprint density at radius 1 is 1.25 bits per heavy atom. The Bertz CT molecular complexity index is 497. The number of carbonyl (C=O) groups excluding carboxylic acids is 2. The standard InChI is InChI=1S/C18H28N2O4/c1-14(9-10-15(2)20-18(22)13-23-3)19-11-16(21)12-24-17-7-5-4-6-8-17/h4-5,7,9-10,14-15,19H,6,8,11-13H2,1-3H3,(H,20,22)/b10-9-/t14?,15-/m1/s1. The first-order chi connectivity index (χ1) is 11.5. The molecule has 0 saturated carbocycles. The Morgan fingerprint density at radius 2 is 2.00 bits per heavy atom. The van der Waals surface area contributed by atoms with E-state index >= 15 is 0 Å². The zero-order chi connectivity index (χ0) is 17.8. The van der Waals surface area contributed by atoms with E-state index < -0.39 is 0 Å². The van der Waals surface area contributed by atoms with Crippen LogP contribution in [0.3, 0.4) is 0 Å². The molecule has 0 aromatic carbocycles. The average Bonchev–Trinajstić information content (AvgIpc) is 2.57. The number of rotatable bonds is 11. The molecule has 0 aromatic heterocycles. The Hall–Kier alpha value is -1.92. The Labute approximate surface area is 144 Å². The summed E-state index contributed by atoms with van der Waals surface area (Å²) in [7, 11) is 1.48. The quantitative estimate of drug-likeness (QED) is 0.559. The fourth-order valence-electron chi connectivity index (χ4n) is 2.08. The highest BCUT2D eigenvalue weighted by Crippen LogP contribution is 2.12. The first-order valence-corrected chi connectivity index (χ1v) is 8.21. The minimum absolute atomic E-state index is 0.00662. The second kappa shape index (κ2) is 11.6. The van der Waals surface area contributed by atoms with E-state index in [0.717, 1.165) is 18.6 Å². The molecule has 0 radical (unpaired) electrons. The molecule has 0 aliphatic heterocycles. The summed E-state index contributed by atoms with van der Waals surface area (Å²) in [5.41, 5.74) is 0. The van der Waals surface area contributed by atoms with E-state index in [2.05, 4.69) is 16.7 Å². The highest BCUT2D eigenvalue weighted by atomic mass is 16.5. The van der Waals surface area contributed by atoms with Crippen LogP contribution in [0, 0.1) is 0 Å². The fraction of sp³-hybridized carbons (Fsp3) is 0.556. The summed E-state index contributed by atoms with van der Waals surface area (Å²) in [4.78, 5) is 23.2. The summed E-state index contributed by atoms with van der Waals surface area (Å²) in [5, 5.41) is 5.90. The molecule has 1 rings (SSSR count). The number of amides is 1. The molecule has 1 aliphatic rings. The molecule has 0 fully saturated rings. The topological polar surface area (TPSA) is 76.7 Å². The van der Waals surface area contributed by atoms with Gasteiger partial charge in [-0.2, -0.15) is 0 Å². The molecule has 134 valence electrons. The van der Waals surface area contributed by atoms with Gasteiger partial charge in [-0.1, -0.05) is 24.3 Å². The van der Waals surface area contributed by atoms with Crippen LogP contribution in [0.4, 0.5) is 0 Å². The molecule has 0 heterocycles. The van der Waals surface area contributed by atoms with Gasteiger partial charge in [0.15, 0.2) is 5.78 Å². The lowest BCUT2D eigenvalue weighted by Gasteiger charge is -2.13. The van der Waals surface area contributed by atoms with Gasteiger partial charge in [0, 0.05) is 25.6 Å². The number of ketones is 1. The number of ether oxygens (including phenoxy) is 2. The number of hydrogen-bond acceptors (Lipinski definition) is 5. The third kappa shape index (κ3) is 9.27. The SMILES string of the molecule is COCC(=O)N[C@H](C)/C=C\C(C)NCC(=O)COC1=CC=CCC1. The number of Topliss-reactive ketones (excluding diaryl/α,β-unsaturated/α-hetero) is 1. The van der Waals surface area contributed by atoms with E-state index in [4.69, 9.17) is 9.47 Å². The fourth-order valence-corrected chi connectivity index (χ4v) is 2.08. The van der Waals surface area contributed by atoms with Gasteiger partial charge in [0.1, 0.15) is 13.2 Å². The summed E-state index contributed by atoms with van der Waals surface area (Å²) in [5.74, 6) is 0.709. The molecular formula is C18H28N2O4. The van der Waals surface area contributed by atoms with Crippen LogP contribution in [0.25, 0.3) is 0 Å². The van der Waals surface area contributed by atoms with Crippen LogP contribution in [-0.2, 0) is 19.1 Å². The third-order valence-electron chi connectivity index (χ3n) is 3.37. The number of allylic oxidation sites excluding steroid dienone is 4. The van der Waals surface area contributed by atoms with Gasteiger partial charge in [0.2, 0.25) is 5.91 Å². The molecule has 6 nitrogen and oxygen atoms in total. The lowest BCUT2D eigenvalue weighted by atomic mass is 10.2. The zero-order valence-corrected chi connectivity index (χ0v) is 14.7. The van der Waals surface area contributed by atoms with Crippen molar-refractivity contribution in [3.8, 4) is 0 Å². The molecule has 0 saturated heterocycles. The van der Waals surface area contributed by atoms with Crippen molar-refractivity contribution in [1.29, 1.82) is 0 Å². The lowest BCUT2D eigenvalue weighted by molar-refractivity contribution is -0.125. The van der Waals surface area contributed by atoms with Crippen molar-refractivity contribution in [2.24, 2.45) is 0 Å². The van der Waals surface area contributed by atoms with E-state index in [-0.39, 0.29) is 43.5 Å². The maximum atomic E-state index is 11.8. The molecule has 2 N–H and O–H groups in total. The number of carbonyl (C=O) groups is 2. The summed E-state index contributed by atoms with van der Waals surface area (Å²) < 4.78 is 10.2. The molecule has 0 aromatic rings. The molecule has 1 unspecified atom stereocenters. The molecule has 0 spiro atoms.